The third kappa shape index (κ3) is 5.39. The van der Waals surface area contributed by atoms with Gasteiger partial charge in [0.15, 0.2) is 0 Å². The molecule has 3 aromatic rings. The molecule has 1 fully saturated rings. The summed E-state index contributed by atoms with van der Waals surface area (Å²) in [4.78, 5) is 18.6. The first-order valence-electron chi connectivity index (χ1n) is 9.57. The summed E-state index contributed by atoms with van der Waals surface area (Å²) in [5.41, 5.74) is 2.79. The van der Waals surface area contributed by atoms with E-state index in [1.807, 2.05) is 54.6 Å². The molecule has 1 aliphatic heterocycles. The Kier molecular flexibility index (Phi) is 7.13. The predicted molar refractivity (Wildman–Crippen MR) is 130 cm³/mol. The van der Waals surface area contributed by atoms with Gasteiger partial charge in [0.2, 0.25) is 5.91 Å². The molecule has 4 nitrogen and oxygen atoms in total. The van der Waals surface area contributed by atoms with Crippen LogP contribution in [0.3, 0.4) is 0 Å². The van der Waals surface area contributed by atoms with E-state index in [0.29, 0.717) is 39.7 Å². The Balaban J connectivity index is 1.39. The highest BCUT2D eigenvalue weighted by atomic mass is 35.5. The first-order valence-corrected chi connectivity index (χ1v) is 11.6. The highest BCUT2D eigenvalue weighted by Crippen LogP contribution is 2.33. The third-order valence-electron chi connectivity index (χ3n) is 4.83. The third-order valence-corrected chi connectivity index (χ3v) is 7.07. The van der Waals surface area contributed by atoms with E-state index in [2.05, 4.69) is 4.98 Å². The molecule has 8 heteroatoms. The van der Waals surface area contributed by atoms with Crippen molar-refractivity contribution in [2.75, 3.05) is 0 Å². The zero-order valence-electron chi connectivity index (χ0n) is 16.3. The number of thioether (sulfide) groups is 1. The number of thiocarbonyl (C=S) groups is 1. The SMILES string of the molecule is O=C1[C@@H](Cc2ccc(OCc3ccccc3Cl)c(Cl)c2)SC(=S)N1Cc1cccnc1. The summed E-state index contributed by atoms with van der Waals surface area (Å²) in [6, 6.07) is 16.9. The lowest BCUT2D eigenvalue weighted by Gasteiger charge is -2.15. The molecule has 0 saturated carbocycles. The second-order valence-electron chi connectivity index (χ2n) is 7.01. The number of pyridine rings is 1. The van der Waals surface area contributed by atoms with Crippen molar-refractivity contribution in [2.24, 2.45) is 0 Å². The number of ether oxygens (including phenoxy) is 1. The zero-order chi connectivity index (χ0) is 21.8. The van der Waals surface area contributed by atoms with Gasteiger partial charge in [0.25, 0.3) is 0 Å². The summed E-state index contributed by atoms with van der Waals surface area (Å²) < 4.78 is 6.41. The van der Waals surface area contributed by atoms with Crippen LogP contribution < -0.4 is 4.74 Å². The van der Waals surface area contributed by atoms with Crippen molar-refractivity contribution in [2.45, 2.75) is 24.8 Å². The number of rotatable bonds is 7. The van der Waals surface area contributed by atoms with Crippen molar-refractivity contribution in [3.63, 3.8) is 0 Å². The van der Waals surface area contributed by atoms with Gasteiger partial charge in [-0.3, -0.25) is 14.7 Å². The number of hydrogen-bond donors (Lipinski definition) is 0. The molecule has 0 unspecified atom stereocenters. The Hall–Kier alpha value is -2.12. The zero-order valence-corrected chi connectivity index (χ0v) is 19.5. The molecule has 0 aliphatic carbocycles. The average molecular weight is 489 g/mol. The van der Waals surface area contributed by atoms with Gasteiger partial charge in [-0.25, -0.2) is 0 Å². The molecule has 0 N–H and O–H groups in total. The van der Waals surface area contributed by atoms with Gasteiger partial charge in [-0.15, -0.1) is 0 Å². The topological polar surface area (TPSA) is 42.4 Å². The molecule has 4 rings (SSSR count). The lowest BCUT2D eigenvalue weighted by Crippen LogP contribution is -2.31. The fourth-order valence-corrected chi connectivity index (χ4v) is 5.20. The Morgan fingerprint density at radius 2 is 1.90 bits per heavy atom. The molecule has 0 spiro atoms. The van der Waals surface area contributed by atoms with E-state index in [1.54, 1.807) is 17.3 Å². The van der Waals surface area contributed by atoms with Crippen LogP contribution >= 0.6 is 47.2 Å². The maximum atomic E-state index is 12.9. The lowest BCUT2D eigenvalue weighted by atomic mass is 10.1. The fourth-order valence-electron chi connectivity index (χ4n) is 3.22. The highest BCUT2D eigenvalue weighted by Gasteiger charge is 2.36. The minimum Gasteiger partial charge on any atom is -0.487 e. The van der Waals surface area contributed by atoms with E-state index in [4.69, 9.17) is 40.2 Å². The first kappa shape index (κ1) is 22.1. The van der Waals surface area contributed by atoms with Gasteiger partial charge in [-0.05, 0) is 41.8 Å². The van der Waals surface area contributed by atoms with Crippen molar-refractivity contribution in [1.29, 1.82) is 0 Å². The summed E-state index contributed by atoms with van der Waals surface area (Å²) in [6.45, 7) is 0.762. The van der Waals surface area contributed by atoms with Crippen LogP contribution in [0.25, 0.3) is 0 Å². The second-order valence-corrected chi connectivity index (χ2v) is 9.66. The number of nitrogens with zero attached hydrogens (tertiary/aromatic N) is 2. The maximum Gasteiger partial charge on any atom is 0.242 e. The van der Waals surface area contributed by atoms with Crippen LogP contribution in [0.15, 0.2) is 67.0 Å². The Morgan fingerprint density at radius 1 is 1.06 bits per heavy atom. The average Bonchev–Trinajstić information content (AvgIpc) is 3.02. The van der Waals surface area contributed by atoms with Gasteiger partial charge in [0, 0.05) is 23.0 Å². The van der Waals surface area contributed by atoms with E-state index in [1.165, 1.54) is 11.8 Å². The van der Waals surface area contributed by atoms with E-state index < -0.39 is 0 Å². The molecule has 158 valence electrons. The molecule has 1 aliphatic rings. The standard InChI is InChI=1S/C23H18Cl2N2O2S2/c24-18-6-2-1-5-17(18)14-29-20-8-7-15(10-19(20)25)11-21-22(28)27(23(30)31-21)13-16-4-3-9-26-12-16/h1-10,12,21H,11,13-14H2/t21-/m1/s1. The number of aromatic nitrogens is 1. The number of carbonyl (C=O) groups excluding carboxylic acids is 1. The summed E-state index contributed by atoms with van der Waals surface area (Å²) >= 11 is 19.5. The molecule has 1 atom stereocenters. The number of amides is 1. The minimum absolute atomic E-state index is 0.00835. The monoisotopic (exact) mass is 488 g/mol. The molecule has 1 aromatic heterocycles. The van der Waals surface area contributed by atoms with Gasteiger partial charge in [-0.2, -0.15) is 0 Å². The molecule has 1 amide bonds. The van der Waals surface area contributed by atoms with E-state index >= 15 is 0 Å². The van der Waals surface area contributed by atoms with Crippen LogP contribution in [-0.4, -0.2) is 25.4 Å². The van der Waals surface area contributed by atoms with E-state index in [0.717, 1.165) is 16.7 Å². The van der Waals surface area contributed by atoms with Gasteiger partial charge < -0.3 is 4.74 Å². The highest BCUT2D eigenvalue weighted by molar-refractivity contribution is 8.24. The van der Waals surface area contributed by atoms with Crippen LogP contribution in [0, 0.1) is 0 Å². The lowest BCUT2D eigenvalue weighted by molar-refractivity contribution is -0.126. The van der Waals surface area contributed by atoms with Gasteiger partial charge >= 0.3 is 0 Å². The summed E-state index contributed by atoms with van der Waals surface area (Å²) in [6.07, 6.45) is 3.99. The first-order chi connectivity index (χ1) is 15.0. The van der Waals surface area contributed by atoms with Crippen molar-refractivity contribution >= 4 is 57.4 Å². The van der Waals surface area contributed by atoms with Crippen LogP contribution in [0.4, 0.5) is 0 Å². The van der Waals surface area contributed by atoms with Crippen LogP contribution in [0.5, 0.6) is 5.75 Å². The summed E-state index contributed by atoms with van der Waals surface area (Å²) in [5, 5.41) is 0.878. The van der Waals surface area contributed by atoms with Crippen LogP contribution in [-0.2, 0) is 24.4 Å². The smallest absolute Gasteiger partial charge is 0.242 e. The number of hydrogen-bond acceptors (Lipinski definition) is 5. The normalized spacial score (nSPS) is 16.1. The van der Waals surface area contributed by atoms with Crippen LogP contribution in [0.1, 0.15) is 16.7 Å². The molecule has 0 bridgehead atoms. The quantitative estimate of drug-likeness (QED) is 0.385. The fraction of sp³-hybridized carbons (Fsp3) is 0.174. The molecule has 1 saturated heterocycles. The molecular weight excluding hydrogens is 471 g/mol. The van der Waals surface area contributed by atoms with Gasteiger partial charge in [0.05, 0.1) is 16.8 Å². The van der Waals surface area contributed by atoms with E-state index in [9.17, 15) is 4.79 Å². The second kappa shape index (κ2) is 10.0. The molecular formula is C23H18Cl2N2O2S2. The number of halogens is 2. The van der Waals surface area contributed by atoms with Crippen molar-refractivity contribution < 1.29 is 9.53 Å². The van der Waals surface area contributed by atoms with Crippen molar-refractivity contribution in [3.05, 3.63) is 93.7 Å². The Labute approximate surface area is 200 Å². The van der Waals surface area contributed by atoms with Crippen molar-refractivity contribution in [3.8, 4) is 5.75 Å². The summed E-state index contributed by atoms with van der Waals surface area (Å²) in [7, 11) is 0. The molecule has 31 heavy (non-hydrogen) atoms. The number of carbonyl (C=O) groups is 1. The predicted octanol–water partition coefficient (Wildman–Crippen LogP) is 5.94. The molecule has 2 aromatic carbocycles. The molecule has 0 radical (unpaired) electrons. The Morgan fingerprint density at radius 3 is 2.65 bits per heavy atom. The van der Waals surface area contributed by atoms with Gasteiger partial charge in [-0.1, -0.05) is 77.5 Å². The Bertz CT molecular complexity index is 1110. The maximum absolute atomic E-state index is 12.9. The number of benzene rings is 2. The minimum atomic E-state index is -0.268. The van der Waals surface area contributed by atoms with E-state index in [-0.39, 0.29) is 11.2 Å². The summed E-state index contributed by atoms with van der Waals surface area (Å²) in [5.74, 6) is 0.582. The van der Waals surface area contributed by atoms with Gasteiger partial charge in [0.1, 0.15) is 16.7 Å². The largest absolute Gasteiger partial charge is 0.487 e. The van der Waals surface area contributed by atoms with Crippen molar-refractivity contribution in [1.82, 2.24) is 9.88 Å². The van der Waals surface area contributed by atoms with Crippen LogP contribution in [0.2, 0.25) is 10.0 Å². The molecule has 2 heterocycles.